The zero-order valence-corrected chi connectivity index (χ0v) is 9.44. The molecule has 3 nitrogen and oxygen atoms in total. The summed E-state index contributed by atoms with van der Waals surface area (Å²) in [7, 11) is 1.68. The van der Waals surface area contributed by atoms with Gasteiger partial charge in [-0.15, -0.1) is 0 Å². The first-order chi connectivity index (χ1) is 7.86. The molecule has 0 aromatic carbocycles. The average molecular weight is 216 g/mol. The molecule has 1 aromatic heterocycles. The standard InChI is InChI=1S/C13H16N2O/c1-16-11-6-10(7-14-8-11)12-4-9-2-3-15-13(12)5-9/h4,6-9,13,15H,2-3,5H2,1H3. The first-order valence-corrected chi connectivity index (χ1v) is 5.81. The van der Waals surface area contributed by atoms with E-state index in [1.54, 1.807) is 13.3 Å². The Kier molecular flexibility index (Phi) is 2.40. The topological polar surface area (TPSA) is 34.1 Å². The van der Waals surface area contributed by atoms with Gasteiger partial charge in [0.25, 0.3) is 0 Å². The lowest BCUT2D eigenvalue weighted by Crippen LogP contribution is -2.34. The summed E-state index contributed by atoms with van der Waals surface area (Å²) in [5.41, 5.74) is 2.59. The summed E-state index contributed by atoms with van der Waals surface area (Å²) in [5, 5.41) is 3.56. The summed E-state index contributed by atoms with van der Waals surface area (Å²) in [4.78, 5) is 4.22. The zero-order valence-electron chi connectivity index (χ0n) is 9.44. The van der Waals surface area contributed by atoms with Crippen LogP contribution in [0.15, 0.2) is 24.5 Å². The van der Waals surface area contributed by atoms with Crippen LogP contribution in [0.5, 0.6) is 5.75 Å². The Labute approximate surface area is 95.5 Å². The number of aromatic nitrogens is 1. The molecule has 0 saturated carbocycles. The highest BCUT2D eigenvalue weighted by Gasteiger charge is 2.30. The van der Waals surface area contributed by atoms with Gasteiger partial charge in [0, 0.05) is 17.8 Å². The first kappa shape index (κ1) is 9.85. The summed E-state index contributed by atoms with van der Waals surface area (Å²) < 4.78 is 5.22. The van der Waals surface area contributed by atoms with Gasteiger partial charge in [-0.2, -0.15) is 0 Å². The number of nitrogens with one attached hydrogen (secondary N) is 1. The van der Waals surface area contributed by atoms with E-state index >= 15 is 0 Å². The second kappa shape index (κ2) is 3.91. The van der Waals surface area contributed by atoms with Crippen molar-refractivity contribution in [1.29, 1.82) is 0 Å². The van der Waals surface area contributed by atoms with Crippen molar-refractivity contribution < 1.29 is 4.74 Å². The van der Waals surface area contributed by atoms with Gasteiger partial charge >= 0.3 is 0 Å². The Morgan fingerprint density at radius 3 is 3.19 bits per heavy atom. The van der Waals surface area contributed by atoms with Crippen molar-refractivity contribution in [1.82, 2.24) is 10.3 Å². The fraction of sp³-hybridized carbons (Fsp3) is 0.462. The first-order valence-electron chi connectivity index (χ1n) is 5.81. The fourth-order valence-corrected chi connectivity index (χ4v) is 2.69. The minimum Gasteiger partial charge on any atom is -0.495 e. The lowest BCUT2D eigenvalue weighted by Gasteiger charge is -2.22. The van der Waals surface area contributed by atoms with Crippen LogP contribution in [0.3, 0.4) is 0 Å². The van der Waals surface area contributed by atoms with E-state index in [2.05, 4.69) is 22.4 Å². The van der Waals surface area contributed by atoms with E-state index in [1.165, 1.54) is 24.0 Å². The number of rotatable bonds is 2. The van der Waals surface area contributed by atoms with Crippen molar-refractivity contribution in [3.05, 3.63) is 30.1 Å². The third-order valence-electron chi connectivity index (χ3n) is 3.52. The predicted molar refractivity (Wildman–Crippen MR) is 63.3 cm³/mol. The minimum atomic E-state index is 0.521. The Hall–Kier alpha value is -1.35. The maximum absolute atomic E-state index is 5.22. The van der Waals surface area contributed by atoms with Crippen molar-refractivity contribution in [2.45, 2.75) is 18.9 Å². The molecule has 1 aliphatic heterocycles. The van der Waals surface area contributed by atoms with Crippen LogP contribution in [-0.4, -0.2) is 24.7 Å². The summed E-state index contributed by atoms with van der Waals surface area (Å²) in [6, 6.07) is 2.59. The van der Waals surface area contributed by atoms with Crippen LogP contribution in [-0.2, 0) is 0 Å². The zero-order chi connectivity index (χ0) is 11.0. The van der Waals surface area contributed by atoms with Gasteiger partial charge in [-0.25, -0.2) is 0 Å². The van der Waals surface area contributed by atoms with Gasteiger partial charge in [-0.3, -0.25) is 4.98 Å². The monoisotopic (exact) mass is 216 g/mol. The number of hydrogen-bond acceptors (Lipinski definition) is 3. The maximum atomic E-state index is 5.22. The van der Waals surface area contributed by atoms with Crippen LogP contribution < -0.4 is 10.1 Å². The average Bonchev–Trinajstić information content (AvgIpc) is 2.64. The molecule has 0 spiro atoms. The molecule has 2 bridgehead atoms. The van der Waals surface area contributed by atoms with Crippen molar-refractivity contribution in [3.63, 3.8) is 0 Å². The van der Waals surface area contributed by atoms with Gasteiger partial charge in [-0.05, 0) is 36.9 Å². The molecule has 1 saturated heterocycles. The number of pyridine rings is 1. The van der Waals surface area contributed by atoms with Gasteiger partial charge in [-0.1, -0.05) is 6.08 Å². The van der Waals surface area contributed by atoms with Crippen LogP contribution in [0.2, 0.25) is 0 Å². The molecule has 0 radical (unpaired) electrons. The van der Waals surface area contributed by atoms with Crippen LogP contribution >= 0.6 is 0 Å². The SMILES string of the molecule is COc1cncc(C2=CC3CCNC2C3)c1. The van der Waals surface area contributed by atoms with E-state index < -0.39 is 0 Å². The highest BCUT2D eigenvalue weighted by Crippen LogP contribution is 2.36. The van der Waals surface area contributed by atoms with Crippen LogP contribution in [0, 0.1) is 5.92 Å². The number of ether oxygens (including phenoxy) is 1. The second-order valence-corrected chi connectivity index (χ2v) is 4.53. The summed E-state index contributed by atoms with van der Waals surface area (Å²) in [5.74, 6) is 1.59. The number of methoxy groups -OCH3 is 1. The smallest absolute Gasteiger partial charge is 0.137 e. The predicted octanol–water partition coefficient (Wildman–Crippen LogP) is 1.86. The van der Waals surface area contributed by atoms with E-state index in [9.17, 15) is 0 Å². The van der Waals surface area contributed by atoms with E-state index in [0.717, 1.165) is 18.2 Å². The molecule has 1 aliphatic carbocycles. The van der Waals surface area contributed by atoms with E-state index in [0.29, 0.717) is 6.04 Å². The molecule has 1 N–H and O–H groups in total. The Bertz CT molecular complexity index is 428. The van der Waals surface area contributed by atoms with Gasteiger partial charge in [0.2, 0.25) is 0 Å². The molecule has 2 heterocycles. The molecule has 2 aliphatic rings. The fourth-order valence-electron chi connectivity index (χ4n) is 2.69. The normalized spacial score (nSPS) is 27.7. The largest absolute Gasteiger partial charge is 0.495 e. The summed E-state index contributed by atoms with van der Waals surface area (Å²) in [6.07, 6.45) is 8.58. The molecule has 1 aromatic rings. The number of nitrogens with zero attached hydrogens (tertiary/aromatic N) is 1. The Balaban J connectivity index is 1.94. The van der Waals surface area contributed by atoms with Crippen molar-refractivity contribution in [3.8, 4) is 5.75 Å². The number of fused-ring (bicyclic) bond motifs is 2. The third-order valence-corrected chi connectivity index (χ3v) is 3.52. The molecule has 2 atom stereocenters. The molecule has 3 rings (SSSR count). The lowest BCUT2D eigenvalue weighted by molar-refractivity contribution is 0.411. The highest BCUT2D eigenvalue weighted by atomic mass is 16.5. The van der Waals surface area contributed by atoms with Crippen molar-refractivity contribution >= 4 is 5.57 Å². The van der Waals surface area contributed by atoms with Crippen molar-refractivity contribution in [2.24, 2.45) is 5.92 Å². The van der Waals surface area contributed by atoms with Crippen LogP contribution in [0.25, 0.3) is 5.57 Å². The third kappa shape index (κ3) is 1.61. The molecular weight excluding hydrogens is 200 g/mol. The van der Waals surface area contributed by atoms with Gasteiger partial charge in [0.15, 0.2) is 0 Å². The quantitative estimate of drug-likeness (QED) is 0.819. The van der Waals surface area contributed by atoms with Crippen LogP contribution in [0.4, 0.5) is 0 Å². The minimum absolute atomic E-state index is 0.521. The Morgan fingerprint density at radius 1 is 1.44 bits per heavy atom. The second-order valence-electron chi connectivity index (χ2n) is 4.53. The molecule has 1 fully saturated rings. The summed E-state index contributed by atoms with van der Waals surface area (Å²) in [6.45, 7) is 1.13. The van der Waals surface area contributed by atoms with Crippen LogP contribution in [0.1, 0.15) is 18.4 Å². The molecule has 2 unspecified atom stereocenters. The number of hydrogen-bond donors (Lipinski definition) is 1. The van der Waals surface area contributed by atoms with Crippen molar-refractivity contribution in [2.75, 3.05) is 13.7 Å². The molecule has 16 heavy (non-hydrogen) atoms. The van der Waals surface area contributed by atoms with Gasteiger partial charge in [0.1, 0.15) is 5.75 Å². The Morgan fingerprint density at radius 2 is 2.38 bits per heavy atom. The van der Waals surface area contributed by atoms with E-state index in [1.807, 2.05) is 6.20 Å². The lowest BCUT2D eigenvalue weighted by atomic mass is 9.98. The maximum Gasteiger partial charge on any atom is 0.137 e. The van der Waals surface area contributed by atoms with E-state index in [-0.39, 0.29) is 0 Å². The molecular formula is C13H16N2O. The van der Waals surface area contributed by atoms with Gasteiger partial charge < -0.3 is 10.1 Å². The summed E-state index contributed by atoms with van der Waals surface area (Å²) >= 11 is 0. The molecule has 0 amide bonds. The molecule has 84 valence electrons. The molecule has 3 heteroatoms. The highest BCUT2D eigenvalue weighted by molar-refractivity contribution is 5.72. The van der Waals surface area contributed by atoms with Gasteiger partial charge in [0.05, 0.1) is 13.3 Å². The number of allylic oxidation sites excluding steroid dienone is 1. The van der Waals surface area contributed by atoms with E-state index in [4.69, 9.17) is 4.74 Å². The number of piperidine rings is 1.